The molecule has 17 heavy (non-hydrogen) atoms. The molecule has 86 valence electrons. The van der Waals surface area contributed by atoms with Crippen LogP contribution in [0.15, 0.2) is 48.5 Å². The van der Waals surface area contributed by atoms with E-state index in [1.165, 1.54) is 0 Å². The Morgan fingerprint density at radius 3 is 2.24 bits per heavy atom. The summed E-state index contributed by atoms with van der Waals surface area (Å²) in [5.74, 6) is 0. The zero-order chi connectivity index (χ0) is 12.3. The van der Waals surface area contributed by atoms with Crippen molar-refractivity contribution in [2.24, 2.45) is 0 Å². The van der Waals surface area contributed by atoms with Crippen molar-refractivity contribution >= 4 is 12.6 Å². The summed E-state index contributed by atoms with van der Waals surface area (Å²) in [4.78, 5) is 0. The molecule has 0 radical (unpaired) electrons. The maximum atomic E-state index is 9.28. The molecule has 0 saturated carbocycles. The lowest BCUT2D eigenvalue weighted by Gasteiger charge is -2.10. The summed E-state index contributed by atoms with van der Waals surface area (Å²) in [6.07, 6.45) is 0. The molecule has 3 nitrogen and oxygen atoms in total. The highest BCUT2D eigenvalue weighted by molar-refractivity contribution is 6.58. The number of hydrogen-bond acceptors (Lipinski definition) is 3. The fourth-order valence-electron chi connectivity index (χ4n) is 1.78. The minimum atomic E-state index is -1.50. The van der Waals surface area contributed by atoms with Crippen LogP contribution < -0.4 is 5.46 Å². The zero-order valence-electron chi connectivity index (χ0n) is 9.24. The van der Waals surface area contributed by atoms with Crippen LogP contribution in [0, 0.1) is 0 Å². The van der Waals surface area contributed by atoms with Gasteiger partial charge in [-0.25, -0.2) is 0 Å². The van der Waals surface area contributed by atoms with E-state index in [0.717, 1.165) is 16.7 Å². The van der Waals surface area contributed by atoms with Crippen molar-refractivity contribution in [3.05, 3.63) is 54.1 Å². The molecule has 0 amide bonds. The van der Waals surface area contributed by atoms with Crippen LogP contribution in [0.3, 0.4) is 0 Å². The van der Waals surface area contributed by atoms with Crippen LogP contribution >= 0.6 is 0 Å². The quantitative estimate of drug-likeness (QED) is 0.671. The highest BCUT2D eigenvalue weighted by atomic mass is 16.4. The van der Waals surface area contributed by atoms with Crippen molar-refractivity contribution in [2.75, 3.05) is 0 Å². The molecule has 3 N–H and O–H groups in total. The van der Waals surface area contributed by atoms with Crippen LogP contribution in [0.4, 0.5) is 0 Å². The molecular formula is C13H13BO3. The van der Waals surface area contributed by atoms with Crippen molar-refractivity contribution in [1.82, 2.24) is 0 Å². The lowest BCUT2D eigenvalue weighted by molar-refractivity contribution is 0.282. The highest BCUT2D eigenvalue weighted by Gasteiger charge is 2.13. The van der Waals surface area contributed by atoms with E-state index in [1.54, 1.807) is 18.2 Å². The van der Waals surface area contributed by atoms with Gasteiger partial charge in [-0.05, 0) is 22.2 Å². The smallest absolute Gasteiger partial charge is 0.423 e. The highest BCUT2D eigenvalue weighted by Crippen LogP contribution is 2.22. The van der Waals surface area contributed by atoms with Crippen LogP contribution in [0.1, 0.15) is 5.56 Å². The monoisotopic (exact) mass is 228 g/mol. The Kier molecular flexibility index (Phi) is 3.59. The molecule has 0 aromatic heterocycles. The molecule has 0 atom stereocenters. The van der Waals surface area contributed by atoms with E-state index in [-0.39, 0.29) is 6.61 Å². The Morgan fingerprint density at radius 2 is 1.65 bits per heavy atom. The lowest BCUT2D eigenvalue weighted by atomic mass is 9.78. The minimum absolute atomic E-state index is 0.0773. The van der Waals surface area contributed by atoms with Crippen LogP contribution in [0.5, 0.6) is 0 Å². The lowest BCUT2D eigenvalue weighted by Crippen LogP contribution is -2.29. The fourth-order valence-corrected chi connectivity index (χ4v) is 1.78. The molecule has 0 heterocycles. The van der Waals surface area contributed by atoms with Crippen molar-refractivity contribution in [2.45, 2.75) is 6.61 Å². The van der Waals surface area contributed by atoms with Gasteiger partial charge in [-0.1, -0.05) is 48.5 Å². The van der Waals surface area contributed by atoms with Gasteiger partial charge in [-0.15, -0.1) is 0 Å². The molecule has 0 aliphatic carbocycles. The van der Waals surface area contributed by atoms with Crippen molar-refractivity contribution in [3.8, 4) is 11.1 Å². The molecule has 0 fully saturated rings. The summed E-state index contributed by atoms with van der Waals surface area (Å²) in [6.45, 7) is -0.0773. The van der Waals surface area contributed by atoms with Gasteiger partial charge in [0.2, 0.25) is 0 Å². The summed E-state index contributed by atoms with van der Waals surface area (Å²) in [5, 5.41) is 27.6. The summed E-state index contributed by atoms with van der Waals surface area (Å²) in [5.41, 5.74) is 2.94. The number of aliphatic hydroxyl groups excluding tert-OH is 1. The Balaban J connectivity index is 2.54. The van der Waals surface area contributed by atoms with Gasteiger partial charge in [0.25, 0.3) is 0 Å². The van der Waals surface area contributed by atoms with E-state index >= 15 is 0 Å². The average Bonchev–Trinajstić information content (AvgIpc) is 2.39. The fraction of sp³-hybridized carbons (Fsp3) is 0.0769. The third kappa shape index (κ3) is 2.56. The normalized spacial score (nSPS) is 10.3. The second-order valence-electron chi connectivity index (χ2n) is 3.81. The topological polar surface area (TPSA) is 60.7 Å². The molecule has 0 spiro atoms. The minimum Gasteiger partial charge on any atom is -0.423 e. The maximum Gasteiger partial charge on any atom is 0.488 e. The van der Waals surface area contributed by atoms with Crippen LogP contribution in [0.25, 0.3) is 11.1 Å². The predicted octanol–water partition coefficient (Wildman–Crippen LogP) is 0.526. The largest absolute Gasteiger partial charge is 0.488 e. The van der Waals surface area contributed by atoms with Crippen LogP contribution in [-0.2, 0) is 6.61 Å². The maximum absolute atomic E-state index is 9.28. The molecule has 4 heteroatoms. The van der Waals surface area contributed by atoms with Crippen LogP contribution in [-0.4, -0.2) is 22.3 Å². The third-order valence-electron chi connectivity index (χ3n) is 2.69. The van der Waals surface area contributed by atoms with Gasteiger partial charge in [0.05, 0.1) is 6.61 Å². The molecule has 2 rings (SSSR count). The van der Waals surface area contributed by atoms with Crippen LogP contribution in [0.2, 0.25) is 0 Å². The Hall–Kier alpha value is -1.62. The predicted molar refractivity (Wildman–Crippen MR) is 67.6 cm³/mol. The number of aliphatic hydroxyl groups is 1. The van der Waals surface area contributed by atoms with Crippen molar-refractivity contribution in [1.29, 1.82) is 0 Å². The molecule has 2 aromatic carbocycles. The van der Waals surface area contributed by atoms with Crippen molar-refractivity contribution < 1.29 is 15.2 Å². The molecule has 0 aliphatic heterocycles. The molecule has 0 aliphatic rings. The first-order valence-corrected chi connectivity index (χ1v) is 5.37. The molecular weight excluding hydrogens is 215 g/mol. The Bertz CT molecular complexity index is 497. The zero-order valence-corrected chi connectivity index (χ0v) is 9.24. The van der Waals surface area contributed by atoms with Gasteiger partial charge >= 0.3 is 7.12 Å². The van der Waals surface area contributed by atoms with E-state index in [4.69, 9.17) is 10.0 Å². The first-order chi connectivity index (χ1) is 8.22. The van der Waals surface area contributed by atoms with Gasteiger partial charge in [0.15, 0.2) is 0 Å². The Labute approximate surface area is 100 Å². The van der Waals surface area contributed by atoms with Gasteiger partial charge < -0.3 is 15.2 Å². The second kappa shape index (κ2) is 5.14. The van der Waals surface area contributed by atoms with Gasteiger partial charge in [0, 0.05) is 0 Å². The average molecular weight is 228 g/mol. The molecule has 2 aromatic rings. The molecule has 0 bridgehead atoms. The summed E-state index contributed by atoms with van der Waals surface area (Å²) >= 11 is 0. The van der Waals surface area contributed by atoms with Gasteiger partial charge in [-0.3, -0.25) is 0 Å². The standard InChI is InChI=1S/C13H13BO3/c15-9-11-6-7-12(14(16)17)8-13(11)10-4-2-1-3-5-10/h1-8,15-17H,9H2. The first kappa shape index (κ1) is 11.9. The van der Waals surface area contributed by atoms with Gasteiger partial charge in [-0.2, -0.15) is 0 Å². The first-order valence-electron chi connectivity index (χ1n) is 5.37. The van der Waals surface area contributed by atoms with E-state index in [2.05, 4.69) is 0 Å². The Morgan fingerprint density at radius 1 is 0.941 bits per heavy atom. The third-order valence-corrected chi connectivity index (χ3v) is 2.69. The van der Waals surface area contributed by atoms with E-state index in [0.29, 0.717) is 5.46 Å². The second-order valence-corrected chi connectivity index (χ2v) is 3.81. The SMILES string of the molecule is OCc1ccc(B(O)O)cc1-c1ccccc1. The molecule has 0 unspecified atom stereocenters. The summed E-state index contributed by atoms with van der Waals surface area (Å²) < 4.78 is 0. The van der Waals surface area contributed by atoms with E-state index in [9.17, 15) is 5.11 Å². The summed E-state index contributed by atoms with van der Waals surface area (Å²) in [6, 6.07) is 14.5. The number of hydrogen-bond donors (Lipinski definition) is 3. The molecule has 0 saturated heterocycles. The van der Waals surface area contributed by atoms with E-state index in [1.807, 2.05) is 30.3 Å². The summed E-state index contributed by atoms with van der Waals surface area (Å²) in [7, 11) is -1.50. The van der Waals surface area contributed by atoms with E-state index < -0.39 is 7.12 Å². The van der Waals surface area contributed by atoms with Gasteiger partial charge in [0.1, 0.15) is 0 Å². The number of rotatable bonds is 3. The number of benzene rings is 2. The van der Waals surface area contributed by atoms with Crippen molar-refractivity contribution in [3.63, 3.8) is 0 Å².